The Kier molecular flexibility index (Phi) is 10.0. The number of para-hydroxylation sites is 1. The van der Waals surface area contributed by atoms with E-state index in [0.717, 1.165) is 16.0 Å². The van der Waals surface area contributed by atoms with Crippen molar-refractivity contribution in [1.82, 2.24) is 5.32 Å². The van der Waals surface area contributed by atoms with Crippen molar-refractivity contribution in [2.45, 2.75) is 4.90 Å². The van der Waals surface area contributed by atoms with Crippen LogP contribution in [-0.2, 0) is 4.79 Å². The van der Waals surface area contributed by atoms with Crippen molar-refractivity contribution < 1.29 is 19.1 Å². The molecule has 44 heavy (non-hydrogen) atoms. The minimum Gasteiger partial charge on any atom is -0.496 e. The molecule has 5 aromatic rings. The number of hydrogen-bond acceptors (Lipinski definition) is 5. The Morgan fingerprint density at radius 3 is 1.98 bits per heavy atom. The highest BCUT2D eigenvalue weighted by Crippen LogP contribution is 2.24. The lowest BCUT2D eigenvalue weighted by Crippen LogP contribution is -2.30. The van der Waals surface area contributed by atoms with Gasteiger partial charge in [-0.25, -0.2) is 0 Å². The minimum absolute atomic E-state index is 0.0345. The van der Waals surface area contributed by atoms with Crippen molar-refractivity contribution in [2.24, 2.45) is 0 Å². The molecule has 0 fully saturated rings. The summed E-state index contributed by atoms with van der Waals surface area (Å²) in [4.78, 5) is 40.0. The summed E-state index contributed by atoms with van der Waals surface area (Å²) in [7, 11) is 1.55. The van der Waals surface area contributed by atoms with Crippen molar-refractivity contribution in [3.8, 4) is 16.9 Å². The molecule has 5 aromatic carbocycles. The van der Waals surface area contributed by atoms with Crippen molar-refractivity contribution >= 4 is 41.1 Å². The standard InChI is InChI=1S/C37H30N2O4S/c1-43-35-15-9-8-14-30(35)24-33(39-36(41)29-12-6-3-7-13-29)37(42)38-31-20-22-32(23-21-31)44-25-34(40)28-18-16-27(17-19-28)26-10-4-2-5-11-26/h2-24H,25H2,1H3,(H,38,42)(H,39,41)/b33-24-. The van der Waals surface area contributed by atoms with Crippen LogP contribution in [0.1, 0.15) is 26.3 Å². The number of thioether (sulfide) groups is 1. The zero-order chi connectivity index (χ0) is 30.7. The first-order chi connectivity index (χ1) is 21.5. The van der Waals surface area contributed by atoms with Gasteiger partial charge in [0.05, 0.1) is 12.9 Å². The SMILES string of the molecule is COc1ccccc1/C=C(\NC(=O)c1ccccc1)C(=O)Nc1ccc(SCC(=O)c2ccc(-c3ccccc3)cc2)cc1. The summed E-state index contributed by atoms with van der Waals surface area (Å²) >= 11 is 1.43. The van der Waals surface area contributed by atoms with Gasteiger partial charge in [0.25, 0.3) is 11.8 Å². The van der Waals surface area contributed by atoms with Crippen LogP contribution in [0.15, 0.2) is 144 Å². The summed E-state index contributed by atoms with van der Waals surface area (Å²) < 4.78 is 5.42. The molecular weight excluding hydrogens is 568 g/mol. The van der Waals surface area contributed by atoms with Crippen LogP contribution in [-0.4, -0.2) is 30.5 Å². The van der Waals surface area contributed by atoms with Gasteiger partial charge in [0, 0.05) is 27.3 Å². The van der Waals surface area contributed by atoms with Crippen LogP contribution in [0.2, 0.25) is 0 Å². The zero-order valence-corrected chi connectivity index (χ0v) is 24.8. The fourth-order valence-electron chi connectivity index (χ4n) is 4.43. The number of nitrogens with one attached hydrogen (secondary N) is 2. The van der Waals surface area contributed by atoms with E-state index in [4.69, 9.17) is 4.74 Å². The molecule has 6 nitrogen and oxygen atoms in total. The second-order valence-electron chi connectivity index (χ2n) is 9.75. The number of anilines is 1. The Morgan fingerprint density at radius 1 is 0.682 bits per heavy atom. The number of amides is 2. The average molecular weight is 599 g/mol. The smallest absolute Gasteiger partial charge is 0.272 e. The second kappa shape index (κ2) is 14.7. The third-order valence-electron chi connectivity index (χ3n) is 6.76. The average Bonchev–Trinajstić information content (AvgIpc) is 3.08. The largest absolute Gasteiger partial charge is 0.496 e. The predicted octanol–water partition coefficient (Wildman–Crippen LogP) is 7.75. The summed E-state index contributed by atoms with van der Waals surface area (Å²) in [6.45, 7) is 0. The van der Waals surface area contributed by atoms with Crippen LogP contribution in [0.3, 0.4) is 0 Å². The number of hydrogen-bond donors (Lipinski definition) is 2. The Bertz CT molecular complexity index is 1770. The van der Waals surface area contributed by atoms with E-state index in [9.17, 15) is 14.4 Å². The summed E-state index contributed by atoms with van der Waals surface area (Å²) in [5.74, 6) is -0.0157. The highest BCUT2D eigenvalue weighted by Gasteiger charge is 2.16. The minimum atomic E-state index is -0.491. The zero-order valence-electron chi connectivity index (χ0n) is 24.0. The van der Waals surface area contributed by atoms with Crippen LogP contribution in [0, 0.1) is 0 Å². The monoisotopic (exact) mass is 598 g/mol. The van der Waals surface area contributed by atoms with Gasteiger partial charge in [0.1, 0.15) is 11.4 Å². The number of ether oxygens (including phenoxy) is 1. The van der Waals surface area contributed by atoms with E-state index in [-0.39, 0.29) is 17.2 Å². The molecule has 0 radical (unpaired) electrons. The van der Waals surface area contributed by atoms with Gasteiger partial charge in [0.2, 0.25) is 0 Å². The summed E-state index contributed by atoms with van der Waals surface area (Å²) in [5.41, 5.74) is 4.50. The maximum atomic E-state index is 13.4. The van der Waals surface area contributed by atoms with E-state index in [1.165, 1.54) is 11.8 Å². The van der Waals surface area contributed by atoms with Gasteiger partial charge < -0.3 is 15.4 Å². The number of methoxy groups -OCH3 is 1. The maximum Gasteiger partial charge on any atom is 0.272 e. The Balaban J connectivity index is 1.23. The molecule has 0 bridgehead atoms. The van der Waals surface area contributed by atoms with Crippen LogP contribution < -0.4 is 15.4 Å². The van der Waals surface area contributed by atoms with Crippen molar-refractivity contribution in [3.63, 3.8) is 0 Å². The van der Waals surface area contributed by atoms with Gasteiger partial charge in [0.15, 0.2) is 5.78 Å². The molecule has 5 rings (SSSR count). The van der Waals surface area contributed by atoms with E-state index in [0.29, 0.717) is 28.1 Å². The number of Topliss-reactive ketones (excluding diaryl/α,β-unsaturated/α-hetero) is 1. The molecule has 0 heterocycles. The molecule has 218 valence electrons. The normalized spacial score (nSPS) is 11.0. The molecule has 0 saturated heterocycles. The number of benzene rings is 5. The van der Waals surface area contributed by atoms with Gasteiger partial charge in [-0.15, -0.1) is 11.8 Å². The molecule has 2 amide bonds. The summed E-state index contributed by atoms with van der Waals surface area (Å²) in [5, 5.41) is 5.59. The highest BCUT2D eigenvalue weighted by atomic mass is 32.2. The second-order valence-corrected chi connectivity index (χ2v) is 10.8. The van der Waals surface area contributed by atoms with Gasteiger partial charge in [-0.05, 0) is 59.7 Å². The van der Waals surface area contributed by atoms with E-state index in [2.05, 4.69) is 10.6 Å². The molecule has 0 saturated carbocycles. The number of carbonyl (C=O) groups excluding carboxylic acids is 3. The van der Waals surface area contributed by atoms with Crippen LogP contribution >= 0.6 is 11.8 Å². The summed E-state index contributed by atoms with van der Waals surface area (Å²) in [6.07, 6.45) is 1.58. The molecule has 0 aliphatic rings. The van der Waals surface area contributed by atoms with Crippen LogP contribution in [0.5, 0.6) is 5.75 Å². The van der Waals surface area contributed by atoms with Crippen molar-refractivity contribution in [1.29, 1.82) is 0 Å². The lowest BCUT2D eigenvalue weighted by molar-refractivity contribution is -0.113. The predicted molar refractivity (Wildman–Crippen MR) is 177 cm³/mol. The fourth-order valence-corrected chi connectivity index (χ4v) is 5.22. The van der Waals surface area contributed by atoms with Crippen LogP contribution in [0.4, 0.5) is 5.69 Å². The van der Waals surface area contributed by atoms with Crippen molar-refractivity contribution in [2.75, 3.05) is 18.2 Å². The topological polar surface area (TPSA) is 84.5 Å². The van der Waals surface area contributed by atoms with Gasteiger partial charge in [-0.3, -0.25) is 14.4 Å². The lowest BCUT2D eigenvalue weighted by atomic mass is 10.0. The molecule has 0 unspecified atom stereocenters. The highest BCUT2D eigenvalue weighted by molar-refractivity contribution is 8.00. The quantitative estimate of drug-likeness (QED) is 0.0923. The fraction of sp³-hybridized carbons (Fsp3) is 0.0541. The first-order valence-electron chi connectivity index (χ1n) is 13.9. The van der Waals surface area contributed by atoms with Gasteiger partial charge in [-0.1, -0.05) is 91.0 Å². The molecular formula is C37H30N2O4S. The lowest BCUT2D eigenvalue weighted by Gasteiger charge is -2.13. The summed E-state index contributed by atoms with van der Waals surface area (Å²) in [6, 6.07) is 40.8. The Morgan fingerprint density at radius 2 is 1.30 bits per heavy atom. The van der Waals surface area contributed by atoms with E-state index >= 15 is 0 Å². The Hall–Kier alpha value is -5.40. The first-order valence-corrected chi connectivity index (χ1v) is 14.9. The number of ketones is 1. The van der Waals surface area contributed by atoms with Gasteiger partial charge >= 0.3 is 0 Å². The molecule has 0 aromatic heterocycles. The molecule has 7 heteroatoms. The van der Waals surface area contributed by atoms with E-state index < -0.39 is 11.8 Å². The first kappa shape index (κ1) is 30.1. The maximum absolute atomic E-state index is 13.4. The molecule has 0 spiro atoms. The Labute approximate surface area is 260 Å². The molecule has 0 atom stereocenters. The number of carbonyl (C=O) groups is 3. The van der Waals surface area contributed by atoms with Crippen molar-refractivity contribution in [3.05, 3.63) is 156 Å². The third kappa shape index (κ3) is 7.91. The molecule has 0 aliphatic heterocycles. The van der Waals surface area contributed by atoms with E-state index in [1.54, 1.807) is 61.7 Å². The van der Waals surface area contributed by atoms with Gasteiger partial charge in [-0.2, -0.15) is 0 Å². The molecule has 2 N–H and O–H groups in total. The van der Waals surface area contributed by atoms with Crippen LogP contribution in [0.25, 0.3) is 17.2 Å². The molecule has 0 aliphatic carbocycles. The van der Waals surface area contributed by atoms with E-state index in [1.807, 2.05) is 84.9 Å². The number of rotatable bonds is 11. The third-order valence-corrected chi connectivity index (χ3v) is 7.78.